The molecule has 1 saturated carbocycles. The van der Waals surface area contributed by atoms with Crippen LogP contribution in [0.1, 0.15) is 93.9 Å². The SMILES string of the molecule is C[C@@H]1C[C@@]23CN(C(=O)OC(C)(C)C)CCO[C@@]2(CC=C3[C@@H](C)O[Si](C)(C)C(C)(C)C)C2=C[C@H]3O[C@]21C1=C3CCCC1. The highest BCUT2D eigenvalue weighted by Crippen LogP contribution is 2.71. The number of hydrogen-bond acceptors (Lipinski definition) is 5. The molecule has 1 saturated heterocycles. The largest absolute Gasteiger partial charge is 0.444 e. The summed E-state index contributed by atoms with van der Waals surface area (Å²) in [7, 11) is -2.05. The van der Waals surface area contributed by atoms with Crippen molar-refractivity contribution in [3.05, 3.63) is 34.4 Å². The fraction of sp³-hybridized carbons (Fsp3) is 0.794. The lowest BCUT2D eigenvalue weighted by molar-refractivity contribution is -0.143. The van der Waals surface area contributed by atoms with Crippen LogP contribution in [0, 0.1) is 11.3 Å². The van der Waals surface area contributed by atoms with Gasteiger partial charge in [0.2, 0.25) is 0 Å². The molecule has 3 heterocycles. The van der Waals surface area contributed by atoms with E-state index in [0.717, 1.165) is 25.7 Å². The van der Waals surface area contributed by atoms with E-state index < -0.39 is 24.9 Å². The van der Waals surface area contributed by atoms with Crippen LogP contribution in [0.15, 0.2) is 34.4 Å². The molecule has 0 radical (unpaired) electrons. The Morgan fingerprint density at radius 1 is 1.15 bits per heavy atom. The molecular formula is C34H53NO5Si. The molecule has 3 aliphatic carbocycles. The predicted molar refractivity (Wildman–Crippen MR) is 164 cm³/mol. The first-order valence-electron chi connectivity index (χ1n) is 16.1. The van der Waals surface area contributed by atoms with Crippen LogP contribution in [0.5, 0.6) is 0 Å². The Morgan fingerprint density at radius 2 is 1.85 bits per heavy atom. The zero-order valence-electron chi connectivity index (χ0n) is 27.2. The normalized spacial score (nSPS) is 37.5. The lowest BCUT2D eigenvalue weighted by atomic mass is 9.49. The molecule has 2 fully saturated rings. The first-order chi connectivity index (χ1) is 19.0. The summed E-state index contributed by atoms with van der Waals surface area (Å²) in [5.74, 6) is 0.265. The van der Waals surface area contributed by atoms with Crippen LogP contribution >= 0.6 is 0 Å². The molecule has 41 heavy (non-hydrogen) atoms. The monoisotopic (exact) mass is 583 g/mol. The molecule has 0 aromatic rings. The van der Waals surface area contributed by atoms with Crippen LogP contribution in [0.2, 0.25) is 18.1 Å². The molecular weight excluding hydrogens is 530 g/mol. The van der Waals surface area contributed by atoms with Crippen molar-refractivity contribution >= 4 is 14.4 Å². The van der Waals surface area contributed by atoms with E-state index in [-0.39, 0.29) is 34.9 Å². The maximum atomic E-state index is 13.6. The average molecular weight is 584 g/mol. The van der Waals surface area contributed by atoms with Gasteiger partial charge in [0.1, 0.15) is 16.8 Å². The van der Waals surface area contributed by atoms with E-state index in [2.05, 4.69) is 59.9 Å². The molecule has 1 spiro atoms. The summed E-state index contributed by atoms with van der Waals surface area (Å²) in [5, 5.41) is 0.104. The van der Waals surface area contributed by atoms with Gasteiger partial charge in [0.25, 0.3) is 0 Å². The van der Waals surface area contributed by atoms with Gasteiger partial charge in [-0.25, -0.2) is 4.79 Å². The summed E-state index contributed by atoms with van der Waals surface area (Å²) in [6, 6.07) is 0. The Balaban J connectivity index is 1.45. The molecule has 0 unspecified atom stereocenters. The minimum Gasteiger partial charge on any atom is -0.444 e. The van der Waals surface area contributed by atoms with Gasteiger partial charge in [0.15, 0.2) is 8.32 Å². The quantitative estimate of drug-likeness (QED) is 0.252. The summed E-state index contributed by atoms with van der Waals surface area (Å²) < 4.78 is 27.3. The number of amides is 1. The molecule has 6 atom stereocenters. The van der Waals surface area contributed by atoms with Crippen molar-refractivity contribution in [1.82, 2.24) is 4.90 Å². The van der Waals surface area contributed by atoms with Gasteiger partial charge in [-0.3, -0.25) is 0 Å². The third kappa shape index (κ3) is 4.15. The molecule has 228 valence electrons. The van der Waals surface area contributed by atoms with E-state index >= 15 is 0 Å². The Bertz CT molecular complexity index is 1220. The molecule has 2 bridgehead atoms. The van der Waals surface area contributed by atoms with Gasteiger partial charge in [-0.2, -0.15) is 0 Å². The van der Waals surface area contributed by atoms with E-state index in [1.54, 1.807) is 11.1 Å². The van der Waals surface area contributed by atoms with Crippen molar-refractivity contribution in [3.63, 3.8) is 0 Å². The Morgan fingerprint density at radius 3 is 2.54 bits per heavy atom. The number of carbonyl (C=O) groups is 1. The Kier molecular flexibility index (Phi) is 6.72. The lowest BCUT2D eigenvalue weighted by Crippen LogP contribution is -2.65. The predicted octanol–water partition coefficient (Wildman–Crippen LogP) is 7.71. The maximum Gasteiger partial charge on any atom is 0.410 e. The number of fused-ring (bicyclic) bond motifs is 2. The minimum absolute atomic E-state index is 0.0641. The van der Waals surface area contributed by atoms with E-state index in [0.29, 0.717) is 19.7 Å². The third-order valence-electron chi connectivity index (χ3n) is 11.6. The fourth-order valence-corrected chi connectivity index (χ4v) is 10.3. The first-order valence-corrected chi connectivity index (χ1v) is 19.0. The summed E-state index contributed by atoms with van der Waals surface area (Å²) >= 11 is 0. The highest BCUT2D eigenvalue weighted by Gasteiger charge is 2.74. The van der Waals surface area contributed by atoms with E-state index in [4.69, 9.17) is 18.6 Å². The second-order valence-corrected chi connectivity index (χ2v) is 21.0. The van der Waals surface area contributed by atoms with E-state index in [1.807, 2.05) is 25.7 Å². The molecule has 0 aromatic heterocycles. The van der Waals surface area contributed by atoms with Crippen LogP contribution in [-0.4, -0.2) is 68.0 Å². The molecule has 0 aromatic carbocycles. The van der Waals surface area contributed by atoms with Crippen molar-refractivity contribution in [2.45, 2.75) is 141 Å². The first kappa shape index (κ1) is 29.6. The van der Waals surface area contributed by atoms with Gasteiger partial charge >= 0.3 is 6.09 Å². The maximum absolute atomic E-state index is 13.6. The summed E-state index contributed by atoms with van der Waals surface area (Å²) in [5.41, 5.74) is 3.88. The van der Waals surface area contributed by atoms with Gasteiger partial charge in [-0.15, -0.1) is 0 Å². The molecule has 1 amide bonds. The second kappa shape index (κ2) is 9.29. The molecule has 7 heteroatoms. The smallest absolute Gasteiger partial charge is 0.410 e. The third-order valence-corrected chi connectivity index (χ3v) is 16.1. The summed E-state index contributed by atoms with van der Waals surface area (Å²) in [4.78, 5) is 15.6. The van der Waals surface area contributed by atoms with Crippen LogP contribution in [-0.2, 0) is 18.6 Å². The zero-order valence-corrected chi connectivity index (χ0v) is 28.2. The minimum atomic E-state index is -2.05. The lowest BCUT2D eigenvalue weighted by Gasteiger charge is -2.60. The van der Waals surface area contributed by atoms with Crippen molar-refractivity contribution in [3.8, 4) is 0 Å². The van der Waals surface area contributed by atoms with Gasteiger partial charge in [0, 0.05) is 18.5 Å². The molecule has 0 N–H and O–H groups in total. The van der Waals surface area contributed by atoms with Crippen molar-refractivity contribution < 1.29 is 23.4 Å². The number of hydrogen-bond donors (Lipinski definition) is 0. The number of rotatable bonds is 3. The van der Waals surface area contributed by atoms with Crippen LogP contribution in [0.3, 0.4) is 0 Å². The number of ether oxygens (including phenoxy) is 3. The van der Waals surface area contributed by atoms with Gasteiger partial charge in [0.05, 0.1) is 18.8 Å². The molecule has 3 aliphatic heterocycles. The molecule has 6 nitrogen and oxygen atoms in total. The topological polar surface area (TPSA) is 57.2 Å². The van der Waals surface area contributed by atoms with Crippen molar-refractivity contribution in [2.75, 3.05) is 19.7 Å². The second-order valence-electron chi connectivity index (χ2n) is 16.2. The highest BCUT2D eigenvalue weighted by atomic mass is 28.4. The number of carbonyl (C=O) groups excluding carboxylic acids is 1. The molecule has 6 aliphatic rings. The summed E-state index contributed by atoms with van der Waals surface area (Å²) in [6.07, 6.45) is 11.1. The fourth-order valence-electron chi connectivity index (χ4n) is 8.97. The van der Waals surface area contributed by atoms with Gasteiger partial charge in [-0.1, -0.05) is 33.8 Å². The summed E-state index contributed by atoms with van der Waals surface area (Å²) in [6.45, 7) is 23.6. The average Bonchev–Trinajstić information content (AvgIpc) is 3.47. The van der Waals surface area contributed by atoms with Gasteiger partial charge < -0.3 is 23.5 Å². The van der Waals surface area contributed by atoms with Gasteiger partial charge in [-0.05, 0) is 119 Å². The standard InChI is InChI=1S/C34H53NO5Si/c1-22-20-32-21-35(29(36)39-30(3,4)5)17-18-37-33(32,16-15-25(32)23(2)40-41(9,10)31(6,7)8)28-19-27-24-13-11-12-14-26(24)34(22,28)38-27/h15,19,22-23,27H,11-14,16-18,20-21H2,1-10H3/t22-,23-,27-,32+,33+,34-/m1/s1. The Hall–Kier alpha value is -1.41. The number of nitrogens with zero attached hydrogens (tertiary/aromatic N) is 1. The van der Waals surface area contributed by atoms with Crippen LogP contribution in [0.25, 0.3) is 0 Å². The van der Waals surface area contributed by atoms with E-state index in [1.165, 1.54) is 24.0 Å². The van der Waals surface area contributed by atoms with Crippen molar-refractivity contribution in [1.29, 1.82) is 0 Å². The molecule has 6 rings (SSSR count). The van der Waals surface area contributed by atoms with Crippen LogP contribution < -0.4 is 0 Å². The Labute approximate surface area is 249 Å². The highest BCUT2D eigenvalue weighted by molar-refractivity contribution is 6.74. The zero-order chi connectivity index (χ0) is 29.8. The van der Waals surface area contributed by atoms with Crippen LogP contribution in [0.4, 0.5) is 4.79 Å². The van der Waals surface area contributed by atoms with Crippen molar-refractivity contribution in [2.24, 2.45) is 11.3 Å². The van der Waals surface area contributed by atoms with E-state index in [9.17, 15) is 4.79 Å².